The first-order chi connectivity index (χ1) is 12.3. The normalized spacial score (nSPS) is 18.8. The number of carbonyl (C=O) groups excluding carboxylic acids is 1. The van der Waals surface area contributed by atoms with Crippen LogP contribution >= 0.6 is 11.8 Å². The van der Waals surface area contributed by atoms with E-state index in [2.05, 4.69) is 10.2 Å². The molecule has 1 aromatic carbocycles. The minimum Gasteiger partial charge on any atom is -0.496 e. The van der Waals surface area contributed by atoms with Crippen LogP contribution in [0.25, 0.3) is 0 Å². The number of hydrogen-bond acceptors (Lipinski definition) is 7. The van der Waals surface area contributed by atoms with Crippen LogP contribution in [0.2, 0.25) is 0 Å². The van der Waals surface area contributed by atoms with Gasteiger partial charge in [-0.2, -0.15) is 0 Å². The average Bonchev–Trinajstić information content (AvgIpc) is 3.14. The molecule has 9 heteroatoms. The molecule has 0 unspecified atom stereocenters. The first-order valence-corrected chi connectivity index (χ1v) is 11.0. The Balaban J connectivity index is 1.77. The van der Waals surface area contributed by atoms with E-state index in [1.54, 1.807) is 19.2 Å². The van der Waals surface area contributed by atoms with E-state index in [1.165, 1.54) is 18.7 Å². The lowest BCUT2D eigenvalue weighted by molar-refractivity contribution is 0.101. The van der Waals surface area contributed by atoms with Crippen LogP contribution in [-0.2, 0) is 22.6 Å². The number of aromatic nitrogens is 3. The first-order valence-electron chi connectivity index (χ1n) is 8.21. The van der Waals surface area contributed by atoms with Gasteiger partial charge in [-0.05, 0) is 31.5 Å². The number of carbonyl (C=O) groups is 1. The van der Waals surface area contributed by atoms with Crippen molar-refractivity contribution in [1.82, 2.24) is 14.8 Å². The third kappa shape index (κ3) is 3.93. The lowest BCUT2D eigenvalue weighted by Crippen LogP contribution is -2.09. The topological polar surface area (TPSA) is 91.2 Å². The Bertz CT molecular complexity index is 937. The molecule has 2 aromatic rings. The number of rotatable bonds is 6. The van der Waals surface area contributed by atoms with Crippen LogP contribution in [0, 0.1) is 0 Å². The first kappa shape index (κ1) is 18.9. The summed E-state index contributed by atoms with van der Waals surface area (Å²) in [6.07, 6.45) is 0.591. The Morgan fingerprint density at radius 3 is 2.77 bits per heavy atom. The largest absolute Gasteiger partial charge is 0.496 e. The zero-order valence-corrected chi connectivity index (χ0v) is 16.6. The SMILES string of the molecule is COc1ccc(C(C)=O)cc1CSc1nnc([C@@H]2CCS(=O)(=O)C2)n1C. The van der Waals surface area contributed by atoms with Gasteiger partial charge in [0.25, 0.3) is 0 Å². The van der Waals surface area contributed by atoms with E-state index in [9.17, 15) is 13.2 Å². The van der Waals surface area contributed by atoms with Gasteiger partial charge in [0, 0.05) is 29.8 Å². The fraction of sp³-hybridized carbons (Fsp3) is 0.471. The zero-order valence-electron chi connectivity index (χ0n) is 14.9. The monoisotopic (exact) mass is 395 g/mol. The molecule has 0 bridgehead atoms. The molecule has 1 atom stereocenters. The third-order valence-electron chi connectivity index (χ3n) is 4.51. The van der Waals surface area contributed by atoms with Gasteiger partial charge in [0.2, 0.25) is 0 Å². The maximum atomic E-state index is 11.7. The molecule has 26 heavy (non-hydrogen) atoms. The van der Waals surface area contributed by atoms with Crippen molar-refractivity contribution in [2.75, 3.05) is 18.6 Å². The number of ketones is 1. The van der Waals surface area contributed by atoms with Gasteiger partial charge in [-0.3, -0.25) is 4.79 Å². The molecule has 140 valence electrons. The molecule has 1 aliphatic heterocycles. The number of nitrogens with zero attached hydrogens (tertiary/aromatic N) is 3. The van der Waals surface area contributed by atoms with Gasteiger partial charge in [-0.25, -0.2) is 8.42 Å². The summed E-state index contributed by atoms with van der Waals surface area (Å²) >= 11 is 1.48. The quantitative estimate of drug-likeness (QED) is 0.547. The lowest BCUT2D eigenvalue weighted by atomic mass is 10.1. The summed E-state index contributed by atoms with van der Waals surface area (Å²) in [6, 6.07) is 5.36. The minimum atomic E-state index is -2.96. The molecule has 0 radical (unpaired) electrons. The lowest BCUT2D eigenvalue weighted by Gasteiger charge is -2.10. The standard InChI is InChI=1S/C17H21N3O4S2/c1-11(21)12-4-5-15(24-3)14(8-12)9-25-17-19-18-16(20(17)2)13-6-7-26(22,23)10-13/h4-5,8,13H,6-7,9-10H2,1-3H3/t13-/m1/s1. The summed E-state index contributed by atoms with van der Waals surface area (Å²) in [5.74, 6) is 2.24. The van der Waals surface area contributed by atoms with Crippen LogP contribution in [0.5, 0.6) is 5.75 Å². The number of Topliss-reactive ketones (excluding diaryl/α,β-unsaturated/α-hetero) is 1. The van der Waals surface area contributed by atoms with Crippen molar-refractivity contribution in [2.24, 2.45) is 7.05 Å². The van der Waals surface area contributed by atoms with Gasteiger partial charge in [0.05, 0.1) is 18.6 Å². The molecule has 0 aliphatic carbocycles. The van der Waals surface area contributed by atoms with Gasteiger partial charge >= 0.3 is 0 Å². The van der Waals surface area contributed by atoms with Gasteiger partial charge in [0.15, 0.2) is 20.8 Å². The summed E-state index contributed by atoms with van der Waals surface area (Å²) in [5, 5.41) is 9.12. The molecule has 0 spiro atoms. The van der Waals surface area contributed by atoms with Gasteiger partial charge in [0.1, 0.15) is 11.6 Å². The second kappa shape index (κ2) is 7.40. The molecule has 1 saturated heterocycles. The van der Waals surface area contributed by atoms with E-state index in [0.29, 0.717) is 34.5 Å². The fourth-order valence-electron chi connectivity index (χ4n) is 3.06. The van der Waals surface area contributed by atoms with Crippen molar-refractivity contribution in [3.05, 3.63) is 35.2 Å². The molecule has 1 aromatic heterocycles. The van der Waals surface area contributed by atoms with E-state index in [-0.39, 0.29) is 23.2 Å². The highest BCUT2D eigenvalue weighted by molar-refractivity contribution is 7.98. The van der Waals surface area contributed by atoms with Gasteiger partial charge < -0.3 is 9.30 Å². The van der Waals surface area contributed by atoms with Crippen LogP contribution in [0.3, 0.4) is 0 Å². The van der Waals surface area contributed by atoms with E-state index >= 15 is 0 Å². The number of ether oxygens (including phenoxy) is 1. The Morgan fingerprint density at radius 1 is 1.38 bits per heavy atom. The predicted octanol–water partition coefficient (Wildman–Crippen LogP) is 2.22. The maximum absolute atomic E-state index is 11.7. The number of hydrogen-bond donors (Lipinski definition) is 0. The van der Waals surface area contributed by atoms with E-state index in [0.717, 1.165) is 5.56 Å². The average molecular weight is 396 g/mol. The molecule has 1 fully saturated rings. The molecule has 2 heterocycles. The fourth-order valence-corrected chi connectivity index (χ4v) is 5.69. The number of benzene rings is 1. The summed E-state index contributed by atoms with van der Waals surface area (Å²) in [5.41, 5.74) is 1.54. The van der Waals surface area contributed by atoms with Crippen molar-refractivity contribution < 1.29 is 17.9 Å². The third-order valence-corrected chi connectivity index (χ3v) is 7.35. The molecule has 0 amide bonds. The Hall–Kier alpha value is -1.87. The smallest absolute Gasteiger partial charge is 0.191 e. The maximum Gasteiger partial charge on any atom is 0.191 e. The summed E-state index contributed by atoms with van der Waals surface area (Å²) in [7, 11) is 0.483. The van der Waals surface area contributed by atoms with E-state index in [1.807, 2.05) is 17.7 Å². The second-order valence-electron chi connectivity index (χ2n) is 6.37. The molecular formula is C17H21N3O4S2. The highest BCUT2D eigenvalue weighted by atomic mass is 32.2. The number of thioether (sulfide) groups is 1. The molecule has 3 rings (SSSR count). The van der Waals surface area contributed by atoms with Crippen molar-refractivity contribution in [3.8, 4) is 5.75 Å². The molecular weight excluding hydrogens is 374 g/mol. The van der Waals surface area contributed by atoms with Crippen molar-refractivity contribution in [3.63, 3.8) is 0 Å². The van der Waals surface area contributed by atoms with Gasteiger partial charge in [-0.15, -0.1) is 10.2 Å². The summed E-state index contributed by atoms with van der Waals surface area (Å²) in [6.45, 7) is 1.53. The molecule has 0 N–H and O–H groups in total. The minimum absolute atomic E-state index is 0.00212. The Kier molecular flexibility index (Phi) is 5.38. The zero-order chi connectivity index (χ0) is 18.9. The van der Waals surface area contributed by atoms with Gasteiger partial charge in [-0.1, -0.05) is 11.8 Å². The van der Waals surface area contributed by atoms with Crippen LogP contribution in [-0.4, -0.2) is 47.6 Å². The number of sulfone groups is 1. The Labute approximate surface area is 157 Å². The molecule has 0 saturated carbocycles. The summed E-state index contributed by atoms with van der Waals surface area (Å²) in [4.78, 5) is 11.6. The second-order valence-corrected chi connectivity index (χ2v) is 9.54. The van der Waals surface area contributed by atoms with Crippen LogP contribution in [0.15, 0.2) is 23.4 Å². The number of methoxy groups -OCH3 is 1. The van der Waals surface area contributed by atoms with Crippen molar-refractivity contribution in [2.45, 2.75) is 30.2 Å². The summed E-state index contributed by atoms with van der Waals surface area (Å²) < 4.78 is 30.6. The highest BCUT2D eigenvalue weighted by Crippen LogP contribution is 2.32. The predicted molar refractivity (Wildman–Crippen MR) is 99.6 cm³/mol. The molecule has 1 aliphatic rings. The van der Waals surface area contributed by atoms with Crippen LogP contribution in [0.1, 0.15) is 41.0 Å². The van der Waals surface area contributed by atoms with Crippen LogP contribution in [0.4, 0.5) is 0 Å². The van der Waals surface area contributed by atoms with Crippen molar-refractivity contribution in [1.29, 1.82) is 0 Å². The van der Waals surface area contributed by atoms with Crippen molar-refractivity contribution >= 4 is 27.4 Å². The molecule has 7 nitrogen and oxygen atoms in total. The van der Waals surface area contributed by atoms with E-state index < -0.39 is 9.84 Å². The highest BCUT2D eigenvalue weighted by Gasteiger charge is 2.32. The van der Waals surface area contributed by atoms with E-state index in [4.69, 9.17) is 4.74 Å². The Morgan fingerprint density at radius 2 is 2.15 bits per heavy atom. The van der Waals surface area contributed by atoms with Crippen LogP contribution < -0.4 is 4.74 Å².